The van der Waals surface area contributed by atoms with Crippen LogP contribution in [0.25, 0.3) is 0 Å². The zero-order valence-corrected chi connectivity index (χ0v) is 12.9. The van der Waals surface area contributed by atoms with E-state index in [9.17, 15) is 9.59 Å². The second kappa shape index (κ2) is 8.54. The molecule has 0 saturated heterocycles. The molecule has 0 amide bonds. The SMILES string of the molecule is CCCOC(=O)C=COc1ccc(C(=O)c2ccccc2)cc1. The van der Waals surface area contributed by atoms with Crippen molar-refractivity contribution in [2.45, 2.75) is 13.3 Å². The minimum Gasteiger partial charge on any atom is -0.465 e. The highest BCUT2D eigenvalue weighted by atomic mass is 16.5. The predicted molar refractivity (Wildman–Crippen MR) is 87.3 cm³/mol. The van der Waals surface area contributed by atoms with Crippen LogP contribution in [0.15, 0.2) is 66.9 Å². The largest absolute Gasteiger partial charge is 0.465 e. The molecule has 0 atom stereocenters. The number of rotatable bonds is 7. The molecule has 0 aliphatic rings. The Morgan fingerprint density at radius 2 is 1.61 bits per heavy atom. The van der Waals surface area contributed by atoms with Crippen molar-refractivity contribution in [2.75, 3.05) is 6.61 Å². The average molecular weight is 310 g/mol. The summed E-state index contributed by atoms with van der Waals surface area (Å²) in [5.41, 5.74) is 1.22. The van der Waals surface area contributed by atoms with Crippen LogP contribution in [0.1, 0.15) is 29.3 Å². The van der Waals surface area contributed by atoms with E-state index in [0.29, 0.717) is 23.5 Å². The molecule has 0 fully saturated rings. The molecule has 0 aromatic heterocycles. The first-order chi connectivity index (χ1) is 11.2. The summed E-state index contributed by atoms with van der Waals surface area (Å²) in [5.74, 6) is 0.0488. The maximum absolute atomic E-state index is 12.2. The van der Waals surface area contributed by atoms with Crippen LogP contribution in [-0.4, -0.2) is 18.4 Å². The summed E-state index contributed by atoms with van der Waals surface area (Å²) in [5, 5.41) is 0. The molecule has 2 rings (SSSR count). The average Bonchev–Trinajstić information content (AvgIpc) is 2.60. The van der Waals surface area contributed by atoms with E-state index >= 15 is 0 Å². The quantitative estimate of drug-likeness (QED) is 0.338. The molecular weight excluding hydrogens is 292 g/mol. The van der Waals surface area contributed by atoms with Crippen LogP contribution in [0, 0.1) is 0 Å². The van der Waals surface area contributed by atoms with Crippen LogP contribution >= 0.6 is 0 Å². The lowest BCUT2D eigenvalue weighted by atomic mass is 10.0. The number of esters is 1. The number of hydrogen-bond donors (Lipinski definition) is 0. The van der Waals surface area contributed by atoms with E-state index in [-0.39, 0.29) is 5.78 Å². The van der Waals surface area contributed by atoms with Gasteiger partial charge in [0.2, 0.25) is 0 Å². The van der Waals surface area contributed by atoms with Gasteiger partial charge < -0.3 is 9.47 Å². The molecule has 0 aliphatic heterocycles. The smallest absolute Gasteiger partial charge is 0.333 e. The molecule has 0 radical (unpaired) electrons. The summed E-state index contributed by atoms with van der Waals surface area (Å²) in [6.07, 6.45) is 3.27. The molecule has 118 valence electrons. The Kier molecular flexibility index (Phi) is 6.12. The second-order valence-corrected chi connectivity index (χ2v) is 4.81. The highest BCUT2D eigenvalue weighted by molar-refractivity contribution is 6.08. The van der Waals surface area contributed by atoms with Gasteiger partial charge in [0.25, 0.3) is 0 Å². The number of ether oxygens (including phenoxy) is 2. The molecule has 2 aromatic rings. The molecule has 4 nitrogen and oxygen atoms in total. The van der Waals surface area contributed by atoms with Crippen LogP contribution < -0.4 is 4.74 Å². The number of ketones is 1. The first-order valence-electron chi connectivity index (χ1n) is 7.40. The molecular formula is C19H18O4. The van der Waals surface area contributed by atoms with E-state index < -0.39 is 5.97 Å². The Bertz CT molecular complexity index is 672. The molecule has 0 spiro atoms. The van der Waals surface area contributed by atoms with Gasteiger partial charge >= 0.3 is 5.97 Å². The lowest BCUT2D eigenvalue weighted by Crippen LogP contribution is -2.02. The maximum Gasteiger partial charge on any atom is 0.333 e. The number of hydrogen-bond acceptors (Lipinski definition) is 4. The molecule has 2 aromatic carbocycles. The molecule has 0 saturated carbocycles. The number of benzene rings is 2. The fourth-order valence-corrected chi connectivity index (χ4v) is 1.86. The predicted octanol–water partition coefficient (Wildman–Crippen LogP) is 3.76. The van der Waals surface area contributed by atoms with Crippen molar-refractivity contribution < 1.29 is 19.1 Å². The molecule has 23 heavy (non-hydrogen) atoms. The first kappa shape index (κ1) is 16.5. The van der Waals surface area contributed by atoms with Crippen molar-refractivity contribution in [1.29, 1.82) is 0 Å². The van der Waals surface area contributed by atoms with Crippen LogP contribution in [0.4, 0.5) is 0 Å². The molecule has 4 heteroatoms. The molecule has 0 heterocycles. The Morgan fingerprint density at radius 1 is 0.957 bits per heavy atom. The minimum atomic E-state index is -0.442. The summed E-state index contributed by atoms with van der Waals surface area (Å²) in [7, 11) is 0. The van der Waals surface area contributed by atoms with Crippen LogP contribution in [0.5, 0.6) is 5.75 Å². The standard InChI is InChI=1S/C19H18O4/c1-2-13-23-18(20)12-14-22-17-10-8-16(9-11-17)19(21)15-6-4-3-5-7-15/h3-12,14H,2,13H2,1H3. The summed E-state index contributed by atoms with van der Waals surface area (Å²) in [4.78, 5) is 23.5. The van der Waals surface area contributed by atoms with Crippen molar-refractivity contribution in [1.82, 2.24) is 0 Å². The first-order valence-corrected chi connectivity index (χ1v) is 7.40. The number of carbonyl (C=O) groups excluding carboxylic acids is 2. The Labute approximate surface area is 135 Å². The minimum absolute atomic E-state index is 0.0455. The second-order valence-electron chi connectivity index (χ2n) is 4.81. The Hall–Kier alpha value is -2.88. The fraction of sp³-hybridized carbons (Fsp3) is 0.158. The van der Waals surface area contributed by atoms with Crippen LogP contribution in [0.2, 0.25) is 0 Å². The summed E-state index contributed by atoms with van der Waals surface area (Å²) in [6.45, 7) is 2.31. The summed E-state index contributed by atoms with van der Waals surface area (Å²) < 4.78 is 10.2. The third-order valence-corrected chi connectivity index (χ3v) is 3.01. The normalized spacial score (nSPS) is 10.5. The van der Waals surface area contributed by atoms with Crippen molar-refractivity contribution in [2.24, 2.45) is 0 Å². The molecule has 0 N–H and O–H groups in total. The van der Waals surface area contributed by atoms with Gasteiger partial charge in [-0.05, 0) is 30.7 Å². The molecule has 0 aliphatic carbocycles. The summed E-state index contributed by atoms with van der Waals surface area (Å²) in [6, 6.07) is 15.8. The van der Waals surface area contributed by atoms with Gasteiger partial charge in [-0.3, -0.25) is 4.79 Å². The zero-order chi connectivity index (χ0) is 16.5. The van der Waals surface area contributed by atoms with Crippen LogP contribution in [0.3, 0.4) is 0 Å². The van der Waals surface area contributed by atoms with Crippen LogP contribution in [-0.2, 0) is 9.53 Å². The van der Waals surface area contributed by atoms with Crippen molar-refractivity contribution in [3.63, 3.8) is 0 Å². The fourth-order valence-electron chi connectivity index (χ4n) is 1.86. The van der Waals surface area contributed by atoms with Gasteiger partial charge in [-0.25, -0.2) is 4.79 Å². The Morgan fingerprint density at radius 3 is 2.26 bits per heavy atom. The number of carbonyl (C=O) groups is 2. The van der Waals surface area contributed by atoms with Gasteiger partial charge in [0.05, 0.1) is 18.9 Å². The van der Waals surface area contributed by atoms with E-state index in [1.54, 1.807) is 36.4 Å². The monoisotopic (exact) mass is 310 g/mol. The third-order valence-electron chi connectivity index (χ3n) is 3.01. The third kappa shape index (κ3) is 5.11. The van der Waals surface area contributed by atoms with E-state index in [4.69, 9.17) is 9.47 Å². The Balaban J connectivity index is 1.93. The van der Waals surface area contributed by atoms with E-state index in [0.717, 1.165) is 6.42 Å². The molecule has 0 bridgehead atoms. The summed E-state index contributed by atoms with van der Waals surface area (Å²) >= 11 is 0. The van der Waals surface area contributed by atoms with E-state index in [2.05, 4.69) is 0 Å². The zero-order valence-electron chi connectivity index (χ0n) is 12.9. The topological polar surface area (TPSA) is 52.6 Å². The van der Waals surface area contributed by atoms with Crippen molar-refractivity contribution in [3.8, 4) is 5.75 Å². The van der Waals surface area contributed by atoms with E-state index in [1.165, 1.54) is 12.3 Å². The molecule has 0 unspecified atom stereocenters. The highest BCUT2D eigenvalue weighted by Crippen LogP contribution is 2.15. The lowest BCUT2D eigenvalue weighted by molar-refractivity contribution is -0.137. The van der Waals surface area contributed by atoms with Gasteiger partial charge in [0, 0.05) is 11.1 Å². The maximum atomic E-state index is 12.2. The van der Waals surface area contributed by atoms with Crippen molar-refractivity contribution in [3.05, 3.63) is 78.1 Å². The van der Waals surface area contributed by atoms with Gasteiger partial charge in [-0.2, -0.15) is 0 Å². The lowest BCUT2D eigenvalue weighted by Gasteiger charge is -2.03. The highest BCUT2D eigenvalue weighted by Gasteiger charge is 2.08. The van der Waals surface area contributed by atoms with Gasteiger partial charge in [-0.15, -0.1) is 0 Å². The van der Waals surface area contributed by atoms with Crippen molar-refractivity contribution >= 4 is 11.8 Å². The van der Waals surface area contributed by atoms with Gasteiger partial charge in [0.1, 0.15) is 5.75 Å². The van der Waals surface area contributed by atoms with E-state index in [1.807, 2.05) is 25.1 Å². The van der Waals surface area contributed by atoms with Gasteiger partial charge in [-0.1, -0.05) is 37.3 Å². The van der Waals surface area contributed by atoms with Gasteiger partial charge in [0.15, 0.2) is 5.78 Å².